The molecule has 1 aromatic rings. The second-order valence-corrected chi connectivity index (χ2v) is 5.93. The van der Waals surface area contributed by atoms with E-state index in [1.165, 1.54) is 32.1 Å². The zero-order valence-electron chi connectivity index (χ0n) is 9.92. The maximum atomic E-state index is 6.19. The Bertz CT molecular complexity index is 361. The molecule has 0 spiro atoms. The molecule has 1 aliphatic rings. The predicted molar refractivity (Wildman–Crippen MR) is 80.9 cm³/mol. The first-order valence-corrected chi connectivity index (χ1v) is 8.09. The van der Waals surface area contributed by atoms with Crippen molar-refractivity contribution in [1.29, 1.82) is 0 Å². The zero-order chi connectivity index (χ0) is 12.1. The molecule has 0 bridgehead atoms. The van der Waals surface area contributed by atoms with E-state index in [1.807, 2.05) is 24.3 Å². The fourth-order valence-corrected chi connectivity index (χ4v) is 3.53. The summed E-state index contributed by atoms with van der Waals surface area (Å²) >= 11 is 8.60. The first-order chi connectivity index (χ1) is 8.26. The van der Waals surface area contributed by atoms with Crippen LogP contribution in [0.1, 0.15) is 37.7 Å². The summed E-state index contributed by atoms with van der Waals surface area (Å²) in [4.78, 5) is 0. The van der Waals surface area contributed by atoms with Crippen molar-refractivity contribution in [2.24, 2.45) is 0 Å². The van der Waals surface area contributed by atoms with E-state index < -0.39 is 0 Å². The molecule has 94 valence electrons. The molecule has 0 N–H and O–H groups in total. The van der Waals surface area contributed by atoms with Crippen LogP contribution < -0.4 is 0 Å². The number of hydrogen-bond acceptors (Lipinski definition) is 1. The molecule has 17 heavy (non-hydrogen) atoms. The molecule has 0 aliphatic heterocycles. The Kier molecular flexibility index (Phi) is 5.12. The molecule has 1 nitrogen and oxygen atoms in total. The number of alkyl halides is 1. The van der Waals surface area contributed by atoms with Gasteiger partial charge < -0.3 is 4.74 Å². The minimum atomic E-state index is 0.0952. The van der Waals surface area contributed by atoms with Crippen LogP contribution in [0.5, 0.6) is 0 Å². The SMILES string of the molecule is Clc1ccccc1COC1(CI)CCCCC1. The highest BCUT2D eigenvalue weighted by Gasteiger charge is 2.31. The lowest BCUT2D eigenvalue weighted by atomic mass is 9.86. The molecular weight excluding hydrogens is 347 g/mol. The smallest absolute Gasteiger partial charge is 0.0776 e. The maximum absolute atomic E-state index is 6.19. The van der Waals surface area contributed by atoms with Gasteiger partial charge in [-0.2, -0.15) is 0 Å². The van der Waals surface area contributed by atoms with E-state index in [0.717, 1.165) is 15.0 Å². The van der Waals surface area contributed by atoms with Crippen LogP contribution in [0.2, 0.25) is 5.02 Å². The molecule has 2 rings (SSSR count). The standard InChI is InChI=1S/C14H18ClIO/c15-13-7-3-2-6-12(13)10-17-14(11-16)8-4-1-5-9-14/h2-3,6-7H,1,4-5,8-11H2. The topological polar surface area (TPSA) is 9.23 Å². The van der Waals surface area contributed by atoms with E-state index in [4.69, 9.17) is 16.3 Å². The van der Waals surface area contributed by atoms with Crippen LogP contribution in [0.25, 0.3) is 0 Å². The summed E-state index contributed by atoms with van der Waals surface area (Å²) in [6, 6.07) is 7.95. The van der Waals surface area contributed by atoms with Crippen molar-refractivity contribution in [1.82, 2.24) is 0 Å². The fraction of sp³-hybridized carbons (Fsp3) is 0.571. The van der Waals surface area contributed by atoms with Crippen LogP contribution in [-0.4, -0.2) is 10.0 Å². The number of ether oxygens (including phenoxy) is 1. The number of hydrogen-bond donors (Lipinski definition) is 0. The normalized spacial score (nSPS) is 19.2. The van der Waals surface area contributed by atoms with Gasteiger partial charge in [0.1, 0.15) is 0 Å². The van der Waals surface area contributed by atoms with E-state index in [2.05, 4.69) is 22.6 Å². The summed E-state index contributed by atoms with van der Waals surface area (Å²) < 4.78 is 7.27. The molecular formula is C14H18ClIO. The Balaban J connectivity index is 1.98. The van der Waals surface area contributed by atoms with Crippen LogP contribution in [0, 0.1) is 0 Å². The maximum Gasteiger partial charge on any atom is 0.0776 e. The van der Waals surface area contributed by atoms with Crippen LogP contribution in [0.15, 0.2) is 24.3 Å². The van der Waals surface area contributed by atoms with Gasteiger partial charge in [0.25, 0.3) is 0 Å². The monoisotopic (exact) mass is 364 g/mol. The van der Waals surface area contributed by atoms with Crippen molar-refractivity contribution in [3.05, 3.63) is 34.9 Å². The second-order valence-electron chi connectivity index (χ2n) is 4.76. The van der Waals surface area contributed by atoms with Crippen LogP contribution in [0.4, 0.5) is 0 Å². The van der Waals surface area contributed by atoms with E-state index in [-0.39, 0.29) is 5.60 Å². The third-order valence-corrected chi connectivity index (χ3v) is 5.26. The van der Waals surface area contributed by atoms with Gasteiger partial charge in [0.2, 0.25) is 0 Å². The predicted octanol–water partition coefficient (Wildman–Crippen LogP) is 4.99. The summed E-state index contributed by atoms with van der Waals surface area (Å²) in [5.74, 6) is 0. The lowest BCUT2D eigenvalue weighted by Crippen LogP contribution is -2.36. The Labute approximate surface area is 122 Å². The highest BCUT2D eigenvalue weighted by atomic mass is 127. The van der Waals surface area contributed by atoms with Crippen molar-refractivity contribution in [3.8, 4) is 0 Å². The fourth-order valence-electron chi connectivity index (χ4n) is 2.36. The minimum absolute atomic E-state index is 0.0952. The largest absolute Gasteiger partial charge is 0.369 e. The van der Waals surface area contributed by atoms with Crippen molar-refractivity contribution >= 4 is 34.2 Å². The molecule has 1 saturated carbocycles. The Morgan fingerprint density at radius 3 is 2.53 bits per heavy atom. The van der Waals surface area contributed by atoms with Gasteiger partial charge in [-0.25, -0.2) is 0 Å². The highest BCUT2D eigenvalue weighted by Crippen LogP contribution is 2.34. The number of benzene rings is 1. The van der Waals surface area contributed by atoms with Gasteiger partial charge in [-0.1, -0.05) is 71.7 Å². The van der Waals surface area contributed by atoms with Gasteiger partial charge in [0.15, 0.2) is 0 Å². The van der Waals surface area contributed by atoms with Crippen LogP contribution >= 0.6 is 34.2 Å². The summed E-state index contributed by atoms with van der Waals surface area (Å²) in [6.07, 6.45) is 6.34. The number of halogens is 2. The highest BCUT2D eigenvalue weighted by molar-refractivity contribution is 14.1. The zero-order valence-corrected chi connectivity index (χ0v) is 12.8. The molecule has 1 aromatic carbocycles. The van der Waals surface area contributed by atoms with Crippen molar-refractivity contribution in [3.63, 3.8) is 0 Å². The molecule has 0 amide bonds. The number of rotatable bonds is 4. The molecule has 0 radical (unpaired) electrons. The van der Waals surface area contributed by atoms with Gasteiger partial charge in [0.05, 0.1) is 12.2 Å². The Hall–Kier alpha value is 0.200. The van der Waals surface area contributed by atoms with E-state index in [9.17, 15) is 0 Å². The molecule has 0 unspecified atom stereocenters. The Morgan fingerprint density at radius 2 is 1.88 bits per heavy atom. The molecule has 0 atom stereocenters. The molecule has 1 fully saturated rings. The summed E-state index contributed by atoms with van der Waals surface area (Å²) in [5.41, 5.74) is 1.20. The molecule has 3 heteroatoms. The first-order valence-electron chi connectivity index (χ1n) is 6.19. The van der Waals surface area contributed by atoms with E-state index in [0.29, 0.717) is 6.61 Å². The lowest BCUT2D eigenvalue weighted by molar-refractivity contribution is -0.0607. The van der Waals surface area contributed by atoms with E-state index in [1.54, 1.807) is 0 Å². The van der Waals surface area contributed by atoms with Crippen molar-refractivity contribution in [2.75, 3.05) is 4.43 Å². The molecule has 1 aliphatic carbocycles. The third-order valence-electron chi connectivity index (χ3n) is 3.50. The van der Waals surface area contributed by atoms with Gasteiger partial charge in [0, 0.05) is 9.45 Å². The molecule has 0 heterocycles. The second kappa shape index (κ2) is 6.39. The first kappa shape index (κ1) is 13.6. The minimum Gasteiger partial charge on any atom is -0.369 e. The quantitative estimate of drug-likeness (QED) is 0.540. The summed E-state index contributed by atoms with van der Waals surface area (Å²) in [7, 11) is 0. The average Bonchev–Trinajstić information content (AvgIpc) is 2.39. The van der Waals surface area contributed by atoms with Crippen molar-refractivity contribution < 1.29 is 4.74 Å². The summed E-state index contributed by atoms with van der Waals surface area (Å²) in [5, 5.41) is 0.812. The van der Waals surface area contributed by atoms with Gasteiger partial charge in [-0.05, 0) is 24.5 Å². The lowest BCUT2D eigenvalue weighted by Gasteiger charge is -2.36. The molecule has 0 saturated heterocycles. The van der Waals surface area contributed by atoms with Gasteiger partial charge >= 0.3 is 0 Å². The third kappa shape index (κ3) is 3.58. The van der Waals surface area contributed by atoms with Crippen LogP contribution in [-0.2, 0) is 11.3 Å². The molecule has 0 aromatic heterocycles. The Morgan fingerprint density at radius 1 is 1.18 bits per heavy atom. The van der Waals surface area contributed by atoms with Gasteiger partial charge in [-0.3, -0.25) is 0 Å². The van der Waals surface area contributed by atoms with Crippen LogP contribution in [0.3, 0.4) is 0 Å². The average molecular weight is 365 g/mol. The van der Waals surface area contributed by atoms with Gasteiger partial charge in [-0.15, -0.1) is 0 Å². The van der Waals surface area contributed by atoms with E-state index >= 15 is 0 Å². The van der Waals surface area contributed by atoms with Crippen molar-refractivity contribution in [2.45, 2.75) is 44.3 Å². The summed E-state index contributed by atoms with van der Waals surface area (Å²) in [6.45, 7) is 0.642.